The van der Waals surface area contributed by atoms with Gasteiger partial charge in [0, 0.05) is 18.4 Å². The van der Waals surface area contributed by atoms with Crippen molar-refractivity contribution in [2.75, 3.05) is 0 Å². The number of aryl methyl sites for hydroxylation is 1. The highest BCUT2D eigenvalue weighted by Crippen LogP contribution is 2.73. The summed E-state index contributed by atoms with van der Waals surface area (Å²) in [6.07, 6.45) is 4.01. The second kappa shape index (κ2) is 6.44. The number of rotatable bonds is 4. The number of benzene rings is 1. The third-order valence-electron chi connectivity index (χ3n) is 5.74. The summed E-state index contributed by atoms with van der Waals surface area (Å²) in [5.74, 6) is 2.36. The number of carbonyl (C=O) groups excluding carboxylic acids is 1. The molecule has 0 bridgehead atoms. The van der Waals surface area contributed by atoms with Gasteiger partial charge in [-0.1, -0.05) is 33.8 Å². The van der Waals surface area contributed by atoms with Gasteiger partial charge in [0.15, 0.2) is 0 Å². The molecule has 0 unspecified atom stereocenters. The number of nitrogens with zero attached hydrogens (tertiary/aromatic N) is 2. The molecule has 4 heteroatoms. The van der Waals surface area contributed by atoms with Crippen molar-refractivity contribution in [2.45, 2.75) is 85.3 Å². The Morgan fingerprint density at radius 1 is 1.26 bits per heavy atom. The summed E-state index contributed by atoms with van der Waals surface area (Å²) >= 11 is 0. The Hall–Kier alpha value is -1.68. The van der Waals surface area contributed by atoms with Crippen LogP contribution in [-0.2, 0) is 15.9 Å². The molecule has 27 heavy (non-hydrogen) atoms. The SMILES string of the molecule is CCC(=O)CC(C)(C)C.Cc1nc2ccc(C(C)(C)O)cc2n1C12CC1C2. The van der Waals surface area contributed by atoms with E-state index in [-0.39, 0.29) is 5.41 Å². The predicted molar refractivity (Wildman–Crippen MR) is 110 cm³/mol. The number of hydrogen-bond acceptors (Lipinski definition) is 3. The highest BCUT2D eigenvalue weighted by Gasteiger charge is 2.71. The van der Waals surface area contributed by atoms with Gasteiger partial charge >= 0.3 is 0 Å². The quantitative estimate of drug-likeness (QED) is 0.815. The topological polar surface area (TPSA) is 55.1 Å². The summed E-state index contributed by atoms with van der Waals surface area (Å²) in [7, 11) is 0. The first-order valence-corrected chi connectivity index (χ1v) is 10.1. The lowest BCUT2D eigenvalue weighted by molar-refractivity contribution is -0.120. The molecule has 2 fully saturated rings. The fraction of sp³-hybridized carbons (Fsp3) is 0.652. The Labute approximate surface area is 163 Å². The lowest BCUT2D eigenvalue weighted by Crippen LogP contribution is -2.16. The molecule has 0 atom stereocenters. The molecule has 4 nitrogen and oxygen atoms in total. The number of Topliss-reactive ketones (excluding diaryl/α,β-unsaturated/α-hetero) is 1. The number of fused-ring (bicyclic) bond motifs is 2. The minimum Gasteiger partial charge on any atom is -0.386 e. The first kappa shape index (κ1) is 20.1. The summed E-state index contributed by atoms with van der Waals surface area (Å²) in [6.45, 7) is 13.9. The van der Waals surface area contributed by atoms with Gasteiger partial charge in [0.25, 0.3) is 0 Å². The Morgan fingerprint density at radius 3 is 2.26 bits per heavy atom. The third-order valence-corrected chi connectivity index (χ3v) is 5.74. The van der Waals surface area contributed by atoms with Crippen LogP contribution >= 0.6 is 0 Å². The molecular formula is C23H34N2O2. The third kappa shape index (κ3) is 4.11. The van der Waals surface area contributed by atoms with Crippen LogP contribution in [0.1, 0.15) is 78.6 Å². The highest BCUT2D eigenvalue weighted by molar-refractivity contribution is 5.79. The molecule has 1 aromatic heterocycles. The van der Waals surface area contributed by atoms with Crippen molar-refractivity contribution in [3.63, 3.8) is 0 Å². The fourth-order valence-electron chi connectivity index (χ4n) is 3.90. The summed E-state index contributed by atoms with van der Waals surface area (Å²) < 4.78 is 2.40. The molecule has 4 rings (SSSR count). The van der Waals surface area contributed by atoms with Crippen LogP contribution in [0.5, 0.6) is 0 Å². The summed E-state index contributed by atoms with van der Waals surface area (Å²) in [5, 5.41) is 10.1. The van der Waals surface area contributed by atoms with E-state index < -0.39 is 5.60 Å². The maximum Gasteiger partial charge on any atom is 0.133 e. The van der Waals surface area contributed by atoms with E-state index in [0.717, 1.165) is 22.8 Å². The van der Waals surface area contributed by atoms with Gasteiger partial charge in [-0.15, -0.1) is 0 Å². The van der Waals surface area contributed by atoms with Crippen LogP contribution in [0, 0.1) is 18.3 Å². The fourth-order valence-corrected chi connectivity index (χ4v) is 3.90. The first-order chi connectivity index (χ1) is 12.4. The maximum atomic E-state index is 10.8. The van der Waals surface area contributed by atoms with Crippen LogP contribution in [0.3, 0.4) is 0 Å². The second-order valence-electron chi connectivity index (χ2n) is 10.1. The molecule has 0 spiro atoms. The summed E-state index contributed by atoms with van der Waals surface area (Å²) in [4.78, 5) is 15.5. The predicted octanol–water partition coefficient (Wildman–Crippen LogP) is 5.09. The number of carbonyl (C=O) groups is 1. The van der Waals surface area contributed by atoms with Crippen molar-refractivity contribution >= 4 is 16.8 Å². The van der Waals surface area contributed by atoms with Gasteiger partial charge in [-0.05, 0) is 62.6 Å². The van der Waals surface area contributed by atoms with E-state index in [2.05, 4.69) is 43.3 Å². The van der Waals surface area contributed by atoms with Crippen LogP contribution in [0.4, 0.5) is 0 Å². The number of ketones is 1. The van der Waals surface area contributed by atoms with Crippen molar-refractivity contribution in [3.8, 4) is 0 Å². The van der Waals surface area contributed by atoms with Crippen molar-refractivity contribution in [3.05, 3.63) is 29.6 Å². The van der Waals surface area contributed by atoms with Crippen LogP contribution in [0.25, 0.3) is 11.0 Å². The van der Waals surface area contributed by atoms with Crippen molar-refractivity contribution in [1.82, 2.24) is 9.55 Å². The molecule has 0 amide bonds. The van der Waals surface area contributed by atoms with Crippen molar-refractivity contribution in [1.29, 1.82) is 0 Å². The molecule has 2 aliphatic rings. The van der Waals surface area contributed by atoms with E-state index in [9.17, 15) is 9.90 Å². The number of imidazole rings is 1. The monoisotopic (exact) mass is 370 g/mol. The van der Waals surface area contributed by atoms with E-state index >= 15 is 0 Å². The molecule has 0 radical (unpaired) electrons. The molecular weight excluding hydrogens is 336 g/mol. The molecule has 2 aromatic rings. The maximum absolute atomic E-state index is 10.8. The van der Waals surface area contributed by atoms with Gasteiger partial charge in [-0.2, -0.15) is 0 Å². The second-order valence-corrected chi connectivity index (χ2v) is 10.1. The molecule has 0 aliphatic heterocycles. The Kier molecular flexibility index (Phi) is 4.79. The van der Waals surface area contributed by atoms with E-state index in [1.807, 2.05) is 32.9 Å². The normalized spacial score (nSPS) is 23.5. The van der Waals surface area contributed by atoms with Gasteiger partial charge in [-0.3, -0.25) is 4.79 Å². The Morgan fingerprint density at radius 2 is 1.85 bits per heavy atom. The zero-order valence-electron chi connectivity index (χ0n) is 17.9. The standard InChI is InChI=1S/C15H18N2O.C8H16O/c1-9-16-12-5-4-10(14(2,3)18)6-13(12)17(9)15-7-11(15)8-15;1-5-7(9)6-8(2,3)4/h4-6,11,18H,7-8H2,1-3H3;5-6H2,1-4H3. The smallest absolute Gasteiger partial charge is 0.133 e. The molecule has 2 saturated carbocycles. The van der Waals surface area contributed by atoms with Crippen LogP contribution < -0.4 is 0 Å². The zero-order valence-corrected chi connectivity index (χ0v) is 17.9. The average molecular weight is 371 g/mol. The highest BCUT2D eigenvalue weighted by atomic mass is 16.3. The number of hydrogen-bond donors (Lipinski definition) is 1. The van der Waals surface area contributed by atoms with Crippen LogP contribution in [-0.4, -0.2) is 20.4 Å². The molecule has 1 N–H and O–H groups in total. The van der Waals surface area contributed by atoms with E-state index in [1.165, 1.54) is 18.4 Å². The van der Waals surface area contributed by atoms with Crippen LogP contribution in [0.2, 0.25) is 0 Å². The molecule has 148 valence electrons. The number of aliphatic hydroxyl groups is 1. The first-order valence-electron chi connectivity index (χ1n) is 10.1. The Bertz CT molecular complexity index is 859. The number of aromatic nitrogens is 2. The Balaban J connectivity index is 0.000000201. The molecule has 1 aromatic carbocycles. The van der Waals surface area contributed by atoms with E-state index in [1.54, 1.807) is 0 Å². The summed E-state index contributed by atoms with van der Waals surface area (Å²) in [5.41, 5.74) is 2.98. The molecule has 2 aliphatic carbocycles. The largest absolute Gasteiger partial charge is 0.386 e. The van der Waals surface area contributed by atoms with E-state index in [4.69, 9.17) is 0 Å². The lowest BCUT2D eigenvalue weighted by Gasteiger charge is -2.18. The van der Waals surface area contributed by atoms with Crippen molar-refractivity contribution in [2.24, 2.45) is 11.3 Å². The van der Waals surface area contributed by atoms with Gasteiger partial charge in [-0.25, -0.2) is 4.98 Å². The van der Waals surface area contributed by atoms with E-state index in [0.29, 0.717) is 24.2 Å². The van der Waals surface area contributed by atoms with Gasteiger partial charge in [0.05, 0.1) is 16.6 Å². The van der Waals surface area contributed by atoms with Crippen molar-refractivity contribution < 1.29 is 9.90 Å². The molecule has 0 saturated heterocycles. The minimum absolute atomic E-state index is 0.174. The average Bonchev–Trinajstić information content (AvgIpc) is 3.34. The summed E-state index contributed by atoms with van der Waals surface area (Å²) in [6, 6.07) is 6.12. The van der Waals surface area contributed by atoms with Gasteiger partial charge < -0.3 is 9.67 Å². The van der Waals surface area contributed by atoms with Gasteiger partial charge in [0.2, 0.25) is 0 Å². The lowest BCUT2D eigenvalue weighted by atomic mass is 9.89. The van der Waals surface area contributed by atoms with Crippen LogP contribution in [0.15, 0.2) is 18.2 Å². The molecule has 1 heterocycles. The zero-order chi connectivity index (χ0) is 20.2. The minimum atomic E-state index is -0.790. The van der Waals surface area contributed by atoms with Gasteiger partial charge in [0.1, 0.15) is 11.6 Å².